The monoisotopic (exact) mass is 308 g/mol. The summed E-state index contributed by atoms with van der Waals surface area (Å²) in [5, 5.41) is 3.64. The maximum Gasteiger partial charge on any atom is 0.434 e. The SMILES string of the molecule is CC(C)(C)NCc1sc(C2CCOC2)nc1C(F)(F)F. The summed E-state index contributed by atoms with van der Waals surface area (Å²) >= 11 is 1.15. The van der Waals surface area contributed by atoms with Crippen LogP contribution in [0.15, 0.2) is 0 Å². The van der Waals surface area contributed by atoms with Gasteiger partial charge in [0.25, 0.3) is 0 Å². The zero-order valence-electron chi connectivity index (χ0n) is 11.8. The van der Waals surface area contributed by atoms with E-state index in [1.807, 2.05) is 20.8 Å². The van der Waals surface area contributed by atoms with Crippen molar-refractivity contribution >= 4 is 11.3 Å². The number of thiazole rings is 1. The largest absolute Gasteiger partial charge is 0.434 e. The molecular formula is C13H19F3N2OS. The topological polar surface area (TPSA) is 34.1 Å². The molecule has 7 heteroatoms. The van der Waals surface area contributed by atoms with Crippen LogP contribution in [0.3, 0.4) is 0 Å². The third-order valence-electron chi connectivity index (χ3n) is 3.04. The molecule has 20 heavy (non-hydrogen) atoms. The molecule has 2 rings (SSSR count). The van der Waals surface area contributed by atoms with E-state index in [9.17, 15) is 13.2 Å². The normalized spacial score (nSPS) is 20.6. The van der Waals surface area contributed by atoms with Crippen molar-refractivity contribution in [2.45, 2.75) is 51.4 Å². The van der Waals surface area contributed by atoms with E-state index in [1.165, 1.54) is 0 Å². The Labute approximate surface area is 120 Å². The lowest BCUT2D eigenvalue weighted by atomic mass is 10.1. The van der Waals surface area contributed by atoms with Gasteiger partial charge in [0.2, 0.25) is 0 Å². The van der Waals surface area contributed by atoms with Crippen molar-refractivity contribution in [3.8, 4) is 0 Å². The first kappa shape index (κ1) is 15.7. The summed E-state index contributed by atoms with van der Waals surface area (Å²) in [5.41, 5.74) is -0.982. The van der Waals surface area contributed by atoms with Gasteiger partial charge in [-0.1, -0.05) is 0 Å². The first-order chi connectivity index (χ1) is 9.17. The van der Waals surface area contributed by atoms with Crippen LogP contribution in [0.1, 0.15) is 48.7 Å². The lowest BCUT2D eigenvalue weighted by molar-refractivity contribution is -0.141. The Balaban J connectivity index is 2.23. The average molecular weight is 308 g/mol. The third kappa shape index (κ3) is 3.93. The summed E-state index contributed by atoms with van der Waals surface area (Å²) in [4.78, 5) is 4.10. The molecule has 1 fully saturated rings. The van der Waals surface area contributed by atoms with Gasteiger partial charge < -0.3 is 10.1 Å². The van der Waals surface area contributed by atoms with Gasteiger partial charge in [0.1, 0.15) is 0 Å². The van der Waals surface area contributed by atoms with E-state index < -0.39 is 11.9 Å². The second kappa shape index (κ2) is 5.61. The highest BCUT2D eigenvalue weighted by Gasteiger charge is 2.38. The maximum atomic E-state index is 13.1. The van der Waals surface area contributed by atoms with Gasteiger partial charge in [-0.25, -0.2) is 4.98 Å². The summed E-state index contributed by atoms with van der Waals surface area (Å²) in [6, 6.07) is 0. The smallest absolute Gasteiger partial charge is 0.381 e. The quantitative estimate of drug-likeness (QED) is 0.927. The fraction of sp³-hybridized carbons (Fsp3) is 0.769. The minimum Gasteiger partial charge on any atom is -0.381 e. The molecule has 0 amide bonds. The molecule has 1 N–H and O–H groups in total. The zero-order chi connectivity index (χ0) is 15.0. The Kier molecular flexibility index (Phi) is 4.41. The van der Waals surface area contributed by atoms with E-state index in [-0.39, 0.29) is 22.9 Å². The summed E-state index contributed by atoms with van der Waals surface area (Å²) in [7, 11) is 0. The number of hydrogen-bond acceptors (Lipinski definition) is 4. The van der Waals surface area contributed by atoms with Crippen LogP contribution >= 0.6 is 11.3 Å². The van der Waals surface area contributed by atoms with Crippen LogP contribution in [-0.2, 0) is 17.5 Å². The number of alkyl halides is 3. The standard InChI is InChI=1S/C13H19F3N2OS/c1-12(2,3)17-6-9-10(13(14,15)16)18-11(20-9)8-4-5-19-7-8/h8,17H,4-7H2,1-3H3. The number of halogens is 3. The van der Waals surface area contributed by atoms with Gasteiger partial charge in [0.15, 0.2) is 5.69 Å². The molecule has 0 spiro atoms. The van der Waals surface area contributed by atoms with Crippen molar-refractivity contribution in [2.24, 2.45) is 0 Å². The van der Waals surface area contributed by atoms with Crippen LogP contribution in [0.2, 0.25) is 0 Å². The Bertz CT molecular complexity index is 459. The van der Waals surface area contributed by atoms with E-state index >= 15 is 0 Å². The predicted octanol–water partition coefficient (Wildman–Crippen LogP) is 3.55. The van der Waals surface area contributed by atoms with E-state index in [0.717, 1.165) is 17.8 Å². The number of rotatable bonds is 3. The molecule has 1 aliphatic heterocycles. The van der Waals surface area contributed by atoms with Crippen molar-refractivity contribution in [3.05, 3.63) is 15.6 Å². The molecule has 114 valence electrons. The molecule has 1 unspecified atom stereocenters. The molecule has 0 bridgehead atoms. The average Bonchev–Trinajstić information content (AvgIpc) is 2.93. The minimum atomic E-state index is -4.40. The van der Waals surface area contributed by atoms with E-state index in [0.29, 0.717) is 18.2 Å². The molecule has 1 aromatic heterocycles. The molecule has 2 heterocycles. The Morgan fingerprint density at radius 3 is 2.55 bits per heavy atom. The fourth-order valence-corrected chi connectivity index (χ4v) is 3.10. The van der Waals surface area contributed by atoms with Crippen LogP contribution in [0.4, 0.5) is 13.2 Å². The van der Waals surface area contributed by atoms with Crippen molar-refractivity contribution in [3.63, 3.8) is 0 Å². The van der Waals surface area contributed by atoms with Crippen molar-refractivity contribution in [1.82, 2.24) is 10.3 Å². The van der Waals surface area contributed by atoms with Crippen LogP contribution in [-0.4, -0.2) is 23.7 Å². The van der Waals surface area contributed by atoms with E-state index in [2.05, 4.69) is 10.3 Å². The summed E-state index contributed by atoms with van der Waals surface area (Å²) in [5.74, 6) is 0.00415. The van der Waals surface area contributed by atoms with Gasteiger partial charge in [-0.15, -0.1) is 11.3 Å². The molecule has 1 saturated heterocycles. The second-order valence-electron chi connectivity index (χ2n) is 5.99. The molecule has 0 radical (unpaired) electrons. The molecule has 1 atom stereocenters. The maximum absolute atomic E-state index is 13.1. The van der Waals surface area contributed by atoms with E-state index in [1.54, 1.807) is 0 Å². The first-order valence-electron chi connectivity index (χ1n) is 6.56. The van der Waals surface area contributed by atoms with Crippen molar-refractivity contribution in [1.29, 1.82) is 0 Å². The van der Waals surface area contributed by atoms with Crippen molar-refractivity contribution < 1.29 is 17.9 Å². The third-order valence-corrected chi connectivity index (χ3v) is 4.26. The van der Waals surface area contributed by atoms with Gasteiger partial charge in [-0.3, -0.25) is 0 Å². The summed E-state index contributed by atoms with van der Waals surface area (Å²) < 4.78 is 44.4. The number of nitrogens with one attached hydrogen (secondary N) is 1. The van der Waals surface area contributed by atoms with Gasteiger partial charge in [-0.2, -0.15) is 13.2 Å². The fourth-order valence-electron chi connectivity index (χ4n) is 1.96. The number of hydrogen-bond donors (Lipinski definition) is 1. The van der Waals surface area contributed by atoms with Gasteiger partial charge >= 0.3 is 6.18 Å². The zero-order valence-corrected chi connectivity index (χ0v) is 12.6. The minimum absolute atomic E-state index is 0.00415. The number of nitrogens with zero attached hydrogens (tertiary/aromatic N) is 1. The Morgan fingerprint density at radius 2 is 2.05 bits per heavy atom. The molecule has 3 nitrogen and oxygen atoms in total. The number of ether oxygens (including phenoxy) is 1. The van der Waals surface area contributed by atoms with Crippen LogP contribution in [0, 0.1) is 0 Å². The Morgan fingerprint density at radius 1 is 1.35 bits per heavy atom. The van der Waals surface area contributed by atoms with Crippen LogP contribution < -0.4 is 5.32 Å². The highest BCUT2D eigenvalue weighted by molar-refractivity contribution is 7.11. The van der Waals surface area contributed by atoms with Crippen LogP contribution in [0.25, 0.3) is 0 Å². The second-order valence-corrected chi connectivity index (χ2v) is 7.10. The molecule has 0 saturated carbocycles. The van der Waals surface area contributed by atoms with Crippen molar-refractivity contribution in [2.75, 3.05) is 13.2 Å². The lowest BCUT2D eigenvalue weighted by Gasteiger charge is -2.20. The molecule has 0 aliphatic carbocycles. The molecule has 1 aromatic rings. The van der Waals surface area contributed by atoms with Gasteiger partial charge in [0, 0.05) is 24.6 Å². The highest BCUT2D eigenvalue weighted by Crippen LogP contribution is 2.38. The molecule has 1 aliphatic rings. The summed E-state index contributed by atoms with van der Waals surface area (Å²) in [6.07, 6.45) is -3.65. The first-order valence-corrected chi connectivity index (χ1v) is 7.38. The summed E-state index contributed by atoms with van der Waals surface area (Å²) in [6.45, 7) is 7.02. The highest BCUT2D eigenvalue weighted by atomic mass is 32.1. The molecular weight excluding hydrogens is 289 g/mol. The molecule has 0 aromatic carbocycles. The predicted molar refractivity (Wildman–Crippen MR) is 71.9 cm³/mol. The van der Waals surface area contributed by atoms with E-state index in [4.69, 9.17) is 4.74 Å². The van der Waals surface area contributed by atoms with Gasteiger partial charge in [-0.05, 0) is 27.2 Å². The number of aromatic nitrogens is 1. The van der Waals surface area contributed by atoms with Gasteiger partial charge in [0.05, 0.1) is 16.5 Å². The van der Waals surface area contributed by atoms with Crippen LogP contribution in [0.5, 0.6) is 0 Å². The lowest BCUT2D eigenvalue weighted by Crippen LogP contribution is -2.35. The Hall–Kier alpha value is -0.660.